The first-order valence-corrected chi connectivity index (χ1v) is 16.8. The van der Waals surface area contributed by atoms with E-state index in [9.17, 15) is 24.7 Å². The van der Waals surface area contributed by atoms with Crippen LogP contribution in [0.1, 0.15) is 25.0 Å². The van der Waals surface area contributed by atoms with Crippen molar-refractivity contribution in [1.82, 2.24) is 9.08 Å². The van der Waals surface area contributed by atoms with E-state index in [0.29, 0.717) is 13.0 Å². The maximum absolute atomic E-state index is 9.41. The molecule has 3 rings (SSSR count). The Labute approximate surface area is 205 Å². The Hall–Kier alpha value is -1.18. The molecule has 2 aromatic carbocycles. The van der Waals surface area contributed by atoms with Crippen LogP contribution in [-0.2, 0) is 16.7 Å². The summed E-state index contributed by atoms with van der Waals surface area (Å²) in [7, 11) is -4.24. The molecule has 2 aromatic rings. The number of nitrogens with zero attached hydrogens (tertiary/aromatic N) is 3. The van der Waals surface area contributed by atoms with E-state index in [4.69, 9.17) is 4.74 Å². The van der Waals surface area contributed by atoms with Crippen molar-refractivity contribution in [2.75, 3.05) is 25.4 Å². The number of phenolic OH excluding ortho intramolecular Hbond substituents is 1. The lowest BCUT2D eigenvalue weighted by Gasteiger charge is -2.22. The summed E-state index contributed by atoms with van der Waals surface area (Å²) >= 11 is 0. The Morgan fingerprint density at radius 3 is 2.18 bits per heavy atom. The molecule has 2 atom stereocenters. The Morgan fingerprint density at radius 2 is 1.62 bits per heavy atom. The molecule has 5 N–H and O–H groups in total. The lowest BCUT2D eigenvalue weighted by atomic mass is 10.1. The fourth-order valence-electron chi connectivity index (χ4n) is 3.36. The number of benzene rings is 2. The second kappa shape index (κ2) is 12.2. The molecular weight excluding hydrogens is 515 g/mol. The molecule has 0 saturated heterocycles. The number of rotatable bonds is 12. The highest BCUT2D eigenvalue weighted by atomic mass is 32.6. The van der Waals surface area contributed by atoms with Crippen molar-refractivity contribution in [2.45, 2.75) is 25.6 Å². The molecule has 186 valence electrons. The first kappa shape index (κ1) is 27.4. The molecule has 0 amide bonds. The smallest absolute Gasteiger partial charge is 0.345 e. The number of hydrogen-bond donors (Lipinski definition) is 5. The lowest BCUT2D eigenvalue weighted by molar-refractivity contribution is 0.200. The molecule has 9 nitrogen and oxygen atoms in total. The van der Waals surface area contributed by atoms with E-state index in [1.807, 2.05) is 36.4 Å². The van der Waals surface area contributed by atoms with Crippen LogP contribution < -0.4 is 4.74 Å². The van der Waals surface area contributed by atoms with Gasteiger partial charge in [0.15, 0.2) is 27.0 Å². The van der Waals surface area contributed by atoms with Crippen LogP contribution >= 0.6 is 23.6 Å². The van der Waals surface area contributed by atoms with Gasteiger partial charge in [-0.05, 0) is 58.1 Å². The minimum absolute atomic E-state index is 0.0110. The first-order valence-electron chi connectivity index (χ1n) is 10.5. The van der Waals surface area contributed by atoms with Gasteiger partial charge in [0.25, 0.3) is 5.34 Å². The predicted molar refractivity (Wildman–Crippen MR) is 142 cm³/mol. The molecule has 2 unspecified atom stereocenters. The van der Waals surface area contributed by atoms with Crippen molar-refractivity contribution in [3.8, 4) is 11.5 Å². The third-order valence-corrected chi connectivity index (χ3v) is 13.0. The van der Waals surface area contributed by atoms with Gasteiger partial charge in [0.05, 0.1) is 18.8 Å². The molecule has 0 aromatic heterocycles. The standard InChI is InChI=1S/C21H30N3O6P3S/c1-21(2,33-24(34(33)3)22-14-18-4-8-19(25)9-5-18)30-20-10-6-17(7-11-20)12-13-23(15-31(26)27)16-32(28)29/h4-11,14,26-29H,12-13,15-16H2,1-3H3/p+1. The van der Waals surface area contributed by atoms with E-state index >= 15 is 0 Å². The minimum atomic E-state index is -2.12. The molecule has 0 aliphatic carbocycles. The maximum atomic E-state index is 9.41. The van der Waals surface area contributed by atoms with Gasteiger partial charge in [-0.1, -0.05) is 12.1 Å². The van der Waals surface area contributed by atoms with Gasteiger partial charge in [-0.15, -0.1) is 5.10 Å². The number of phenols is 1. The predicted octanol–water partition coefficient (Wildman–Crippen LogP) is 3.68. The normalized spacial score (nSPS) is 17.4. The molecule has 0 radical (unpaired) electrons. The van der Waals surface area contributed by atoms with E-state index in [2.05, 4.69) is 29.4 Å². The molecule has 0 bridgehead atoms. The zero-order valence-electron chi connectivity index (χ0n) is 19.3. The molecule has 34 heavy (non-hydrogen) atoms. The Morgan fingerprint density at radius 1 is 1.03 bits per heavy atom. The fraction of sp³-hybridized carbons (Fsp3) is 0.381. The Kier molecular flexibility index (Phi) is 9.82. The van der Waals surface area contributed by atoms with Crippen LogP contribution in [0.4, 0.5) is 0 Å². The summed E-state index contributed by atoms with van der Waals surface area (Å²) in [5, 5.41) is 13.6. The first-order chi connectivity index (χ1) is 16.0. The molecule has 0 saturated carbocycles. The number of ether oxygens (including phenoxy) is 1. The highest BCUT2D eigenvalue weighted by Gasteiger charge is 2.59. The van der Waals surface area contributed by atoms with Gasteiger partial charge in [-0.3, -0.25) is 4.90 Å². The van der Waals surface area contributed by atoms with Crippen LogP contribution in [0.5, 0.6) is 11.5 Å². The molecule has 0 fully saturated rings. The van der Waals surface area contributed by atoms with Crippen molar-refractivity contribution in [3.63, 3.8) is 0 Å². The summed E-state index contributed by atoms with van der Waals surface area (Å²) in [6.07, 6.45) is 4.65. The van der Waals surface area contributed by atoms with Crippen molar-refractivity contribution in [3.05, 3.63) is 59.7 Å². The summed E-state index contributed by atoms with van der Waals surface area (Å²) in [4.78, 5) is 38.7. The van der Waals surface area contributed by atoms with E-state index in [-0.39, 0.29) is 28.6 Å². The number of aromatic hydroxyl groups is 1. The van der Waals surface area contributed by atoms with Gasteiger partial charge in [0.1, 0.15) is 11.5 Å². The minimum Gasteiger partial charge on any atom is -0.508 e. The fourth-order valence-corrected chi connectivity index (χ4v) is 11.4. The lowest BCUT2D eigenvalue weighted by Crippen LogP contribution is -2.27. The molecule has 1 aliphatic heterocycles. The van der Waals surface area contributed by atoms with Gasteiger partial charge in [-0.2, -0.15) is 0 Å². The van der Waals surface area contributed by atoms with E-state index in [1.165, 1.54) is 0 Å². The van der Waals surface area contributed by atoms with Crippen molar-refractivity contribution >= 4 is 40.1 Å². The van der Waals surface area contributed by atoms with Crippen molar-refractivity contribution < 1.29 is 29.4 Å². The van der Waals surface area contributed by atoms with E-state index < -0.39 is 28.9 Å². The van der Waals surface area contributed by atoms with E-state index in [0.717, 1.165) is 16.9 Å². The quantitative estimate of drug-likeness (QED) is 0.202. The monoisotopic (exact) mass is 546 g/mol. The van der Waals surface area contributed by atoms with Gasteiger partial charge in [0, 0.05) is 26.6 Å². The molecule has 0 spiro atoms. The SMILES string of the molecule is CS1=[P+](C(C)(C)Oc2ccc(CCN(CP(O)O)CP(O)O)cc2)N1N=Cc1ccc(O)cc1. The van der Waals surface area contributed by atoms with Crippen molar-refractivity contribution in [2.24, 2.45) is 5.10 Å². The molecule has 13 heteroatoms. The third kappa shape index (κ3) is 8.20. The Balaban J connectivity index is 1.55. The zero-order chi connectivity index (χ0) is 24.9. The topological polar surface area (TPSA) is 129 Å². The second-order valence-corrected chi connectivity index (χ2v) is 16.4. The molecular formula is C21H31N3O6P3S+. The van der Waals surface area contributed by atoms with E-state index in [1.54, 1.807) is 23.2 Å². The largest absolute Gasteiger partial charge is 0.508 e. The average molecular weight is 546 g/mol. The molecule has 1 aliphatic rings. The third-order valence-electron chi connectivity index (χ3n) is 4.94. The Bertz CT molecular complexity index is 1010. The van der Waals surface area contributed by atoms with Crippen LogP contribution in [0.3, 0.4) is 0 Å². The maximum Gasteiger partial charge on any atom is 0.345 e. The average Bonchev–Trinajstić information content (AvgIpc) is 3.42. The second-order valence-electron chi connectivity index (χ2n) is 8.17. The van der Waals surface area contributed by atoms with Crippen LogP contribution in [0.2, 0.25) is 0 Å². The zero-order valence-corrected chi connectivity index (χ0v) is 22.8. The van der Waals surface area contributed by atoms with Crippen molar-refractivity contribution in [1.29, 1.82) is 0 Å². The molecule has 1 heterocycles. The highest BCUT2D eigenvalue weighted by Crippen LogP contribution is 2.60. The summed E-state index contributed by atoms with van der Waals surface area (Å²) in [5.74, 6) is 0.997. The van der Waals surface area contributed by atoms with Gasteiger partial charge in [0.2, 0.25) is 0 Å². The summed E-state index contributed by atoms with van der Waals surface area (Å²) in [5.41, 5.74) is 1.97. The van der Waals surface area contributed by atoms with Crippen LogP contribution in [0.15, 0.2) is 53.6 Å². The van der Waals surface area contributed by atoms with Gasteiger partial charge in [-0.25, -0.2) is 0 Å². The van der Waals surface area contributed by atoms with Crippen LogP contribution in [0, 0.1) is 0 Å². The van der Waals surface area contributed by atoms with Crippen LogP contribution in [-0.4, -0.2) is 70.7 Å². The number of hydrazone groups is 1. The summed E-state index contributed by atoms with van der Waals surface area (Å²) in [6, 6.07) is 14.7. The van der Waals surface area contributed by atoms with Crippen LogP contribution in [0.25, 0.3) is 0 Å². The summed E-state index contributed by atoms with van der Waals surface area (Å²) < 4.78 is 8.43. The highest BCUT2D eigenvalue weighted by molar-refractivity contribution is 8.38. The number of hydrogen-bond acceptors (Lipinski definition) is 9. The van der Waals surface area contributed by atoms with Gasteiger partial charge < -0.3 is 29.4 Å². The van der Waals surface area contributed by atoms with Gasteiger partial charge >= 0.3 is 6.85 Å². The summed E-state index contributed by atoms with van der Waals surface area (Å²) in [6.45, 7) is 4.05.